The molecule has 0 fully saturated rings. The van der Waals surface area contributed by atoms with Crippen LogP contribution in [0.3, 0.4) is 0 Å². The summed E-state index contributed by atoms with van der Waals surface area (Å²) in [6.07, 6.45) is -4.56. The smallest absolute Gasteiger partial charge is 0.416 e. The topological polar surface area (TPSA) is 52.3 Å². The highest BCUT2D eigenvalue weighted by atomic mass is 19.4. The van der Waals surface area contributed by atoms with Gasteiger partial charge in [-0.05, 0) is 24.6 Å². The quantitative estimate of drug-likeness (QED) is 0.848. The van der Waals surface area contributed by atoms with Crippen molar-refractivity contribution in [3.63, 3.8) is 0 Å². The lowest BCUT2D eigenvalue weighted by molar-refractivity contribution is -0.143. The number of carbonyl (C=O) groups excluding carboxylic acids is 1. The first-order valence-electron chi connectivity index (χ1n) is 5.43. The van der Waals surface area contributed by atoms with Crippen molar-refractivity contribution >= 4 is 5.97 Å². The second-order valence-corrected chi connectivity index (χ2v) is 3.74. The summed E-state index contributed by atoms with van der Waals surface area (Å²) < 4.78 is 42.1. The van der Waals surface area contributed by atoms with Gasteiger partial charge in [0.05, 0.1) is 18.6 Å². The summed E-state index contributed by atoms with van der Waals surface area (Å²) in [6, 6.07) is 3.83. The molecule has 0 radical (unpaired) electrons. The maximum absolute atomic E-state index is 12.5. The molecule has 0 saturated carbocycles. The Morgan fingerprint density at radius 3 is 2.67 bits per heavy atom. The van der Waals surface area contributed by atoms with Crippen LogP contribution >= 0.6 is 0 Å². The van der Waals surface area contributed by atoms with Crippen molar-refractivity contribution < 1.29 is 22.7 Å². The van der Waals surface area contributed by atoms with E-state index in [1.54, 1.807) is 6.92 Å². The molecular weight excluding hydrogens is 247 g/mol. The van der Waals surface area contributed by atoms with Gasteiger partial charge in [0.2, 0.25) is 0 Å². The zero-order valence-corrected chi connectivity index (χ0v) is 9.83. The van der Waals surface area contributed by atoms with E-state index < -0.39 is 23.8 Å². The van der Waals surface area contributed by atoms with Crippen molar-refractivity contribution in [2.75, 3.05) is 6.61 Å². The SMILES string of the molecule is CCOC(=O)C[C@H](N)c1cccc(C(F)(F)F)c1. The van der Waals surface area contributed by atoms with Gasteiger partial charge in [-0.2, -0.15) is 13.2 Å². The Hall–Kier alpha value is -1.56. The third kappa shape index (κ3) is 4.03. The van der Waals surface area contributed by atoms with E-state index in [0.29, 0.717) is 0 Å². The summed E-state index contributed by atoms with van der Waals surface area (Å²) in [5.41, 5.74) is 5.15. The first kappa shape index (κ1) is 14.5. The molecule has 0 aromatic heterocycles. The van der Waals surface area contributed by atoms with Crippen molar-refractivity contribution in [1.29, 1.82) is 0 Å². The minimum Gasteiger partial charge on any atom is -0.466 e. The lowest BCUT2D eigenvalue weighted by Crippen LogP contribution is -2.18. The Bertz CT molecular complexity index is 418. The maximum atomic E-state index is 12.5. The normalized spacial score (nSPS) is 13.2. The summed E-state index contributed by atoms with van der Waals surface area (Å²) in [5, 5.41) is 0. The van der Waals surface area contributed by atoms with Crippen LogP contribution in [0.5, 0.6) is 0 Å². The standard InChI is InChI=1S/C12H14F3NO2/c1-2-18-11(17)7-10(16)8-4-3-5-9(6-8)12(13,14)15/h3-6,10H,2,7,16H2,1H3/t10-/m0/s1. The highest BCUT2D eigenvalue weighted by molar-refractivity contribution is 5.70. The van der Waals surface area contributed by atoms with Crippen LogP contribution in [0.4, 0.5) is 13.2 Å². The first-order valence-corrected chi connectivity index (χ1v) is 5.43. The van der Waals surface area contributed by atoms with E-state index in [1.165, 1.54) is 12.1 Å². The Labute approximate surface area is 103 Å². The molecule has 6 heteroatoms. The predicted octanol–water partition coefficient (Wildman–Crippen LogP) is 2.66. The number of hydrogen-bond donors (Lipinski definition) is 1. The Morgan fingerprint density at radius 1 is 1.44 bits per heavy atom. The molecule has 0 bridgehead atoms. The van der Waals surface area contributed by atoms with Gasteiger partial charge in [0.25, 0.3) is 0 Å². The van der Waals surface area contributed by atoms with Crippen LogP contribution in [0.2, 0.25) is 0 Å². The van der Waals surface area contributed by atoms with Gasteiger partial charge in [0.15, 0.2) is 0 Å². The van der Waals surface area contributed by atoms with Crippen LogP contribution in [0, 0.1) is 0 Å². The molecule has 1 rings (SSSR count). The van der Waals surface area contributed by atoms with E-state index in [1.807, 2.05) is 0 Å². The van der Waals surface area contributed by atoms with Crippen LogP contribution in [0.15, 0.2) is 24.3 Å². The van der Waals surface area contributed by atoms with Gasteiger partial charge >= 0.3 is 12.1 Å². The average molecular weight is 261 g/mol. The van der Waals surface area contributed by atoms with E-state index >= 15 is 0 Å². The maximum Gasteiger partial charge on any atom is 0.416 e. The summed E-state index contributed by atoms with van der Waals surface area (Å²) in [7, 11) is 0. The van der Waals surface area contributed by atoms with Crippen LogP contribution in [-0.2, 0) is 15.7 Å². The molecule has 1 atom stereocenters. The molecule has 0 amide bonds. The number of ether oxygens (including phenoxy) is 1. The third-order valence-corrected chi connectivity index (χ3v) is 2.33. The van der Waals surface area contributed by atoms with E-state index in [4.69, 9.17) is 10.5 Å². The second kappa shape index (κ2) is 5.86. The fraction of sp³-hybridized carbons (Fsp3) is 0.417. The summed E-state index contributed by atoms with van der Waals surface area (Å²) >= 11 is 0. The molecule has 0 saturated heterocycles. The molecule has 1 aromatic carbocycles. The second-order valence-electron chi connectivity index (χ2n) is 3.74. The number of nitrogens with two attached hydrogens (primary N) is 1. The molecule has 1 aromatic rings. The van der Waals surface area contributed by atoms with Gasteiger partial charge in [-0.25, -0.2) is 0 Å². The van der Waals surface area contributed by atoms with Crippen LogP contribution in [-0.4, -0.2) is 12.6 Å². The van der Waals surface area contributed by atoms with Crippen molar-refractivity contribution in [2.45, 2.75) is 25.6 Å². The number of benzene rings is 1. The highest BCUT2D eigenvalue weighted by Crippen LogP contribution is 2.30. The largest absolute Gasteiger partial charge is 0.466 e. The van der Waals surface area contributed by atoms with Gasteiger partial charge in [-0.1, -0.05) is 12.1 Å². The van der Waals surface area contributed by atoms with Crippen molar-refractivity contribution in [3.8, 4) is 0 Å². The molecular formula is C12H14F3NO2. The van der Waals surface area contributed by atoms with Gasteiger partial charge in [-0.15, -0.1) is 0 Å². The van der Waals surface area contributed by atoms with Gasteiger partial charge in [0.1, 0.15) is 0 Å². The van der Waals surface area contributed by atoms with Gasteiger partial charge in [0, 0.05) is 6.04 Å². The monoisotopic (exact) mass is 261 g/mol. The molecule has 2 N–H and O–H groups in total. The molecule has 0 aliphatic carbocycles. The summed E-state index contributed by atoms with van der Waals surface area (Å²) in [6.45, 7) is 1.86. The molecule has 0 heterocycles. The van der Waals surface area contributed by atoms with E-state index in [0.717, 1.165) is 12.1 Å². The molecule has 0 spiro atoms. The molecule has 0 unspecified atom stereocenters. The lowest BCUT2D eigenvalue weighted by Gasteiger charge is -2.13. The van der Waals surface area contributed by atoms with Crippen molar-refractivity contribution in [3.05, 3.63) is 35.4 Å². The van der Waals surface area contributed by atoms with E-state index in [9.17, 15) is 18.0 Å². The average Bonchev–Trinajstić information content (AvgIpc) is 2.28. The number of carbonyl (C=O) groups is 1. The number of halogens is 3. The molecule has 18 heavy (non-hydrogen) atoms. The zero-order chi connectivity index (χ0) is 13.8. The number of hydrogen-bond acceptors (Lipinski definition) is 3. The Kier molecular flexibility index (Phi) is 4.72. The highest BCUT2D eigenvalue weighted by Gasteiger charge is 2.30. The van der Waals surface area contributed by atoms with Crippen LogP contribution < -0.4 is 5.73 Å². The Balaban J connectivity index is 2.80. The summed E-state index contributed by atoms with van der Waals surface area (Å²) in [4.78, 5) is 11.2. The number of esters is 1. The van der Waals surface area contributed by atoms with Crippen LogP contribution in [0.1, 0.15) is 30.5 Å². The van der Waals surface area contributed by atoms with Crippen LogP contribution in [0.25, 0.3) is 0 Å². The van der Waals surface area contributed by atoms with Crippen molar-refractivity contribution in [1.82, 2.24) is 0 Å². The molecule has 3 nitrogen and oxygen atoms in total. The third-order valence-electron chi connectivity index (χ3n) is 2.33. The van der Waals surface area contributed by atoms with Gasteiger partial charge in [-0.3, -0.25) is 4.79 Å². The summed E-state index contributed by atoms with van der Waals surface area (Å²) in [5.74, 6) is -0.526. The lowest BCUT2D eigenvalue weighted by atomic mass is 10.0. The minimum atomic E-state index is -4.42. The minimum absolute atomic E-state index is 0.144. The number of alkyl halides is 3. The fourth-order valence-corrected chi connectivity index (χ4v) is 1.46. The molecule has 0 aliphatic rings. The zero-order valence-electron chi connectivity index (χ0n) is 9.83. The van der Waals surface area contributed by atoms with E-state index in [2.05, 4.69) is 0 Å². The van der Waals surface area contributed by atoms with Crippen molar-refractivity contribution in [2.24, 2.45) is 5.73 Å². The Morgan fingerprint density at radius 2 is 2.11 bits per heavy atom. The number of rotatable bonds is 4. The predicted molar refractivity (Wildman–Crippen MR) is 59.6 cm³/mol. The fourth-order valence-electron chi connectivity index (χ4n) is 1.46. The van der Waals surface area contributed by atoms with E-state index in [-0.39, 0.29) is 18.6 Å². The first-order chi connectivity index (χ1) is 8.34. The molecule has 100 valence electrons. The van der Waals surface area contributed by atoms with Gasteiger partial charge < -0.3 is 10.5 Å². The molecule has 0 aliphatic heterocycles.